The van der Waals surface area contributed by atoms with Crippen LogP contribution >= 0.6 is 11.8 Å². The number of hydrogen-bond acceptors (Lipinski definition) is 4. The van der Waals surface area contributed by atoms with Gasteiger partial charge in [-0.3, -0.25) is 0 Å². The molecule has 10 heteroatoms. The monoisotopic (exact) mass is 235 g/mol. The number of hydrogen-bond donors (Lipinski definition) is 1. The van der Waals surface area contributed by atoms with Gasteiger partial charge in [0.05, 0.1) is 0 Å². The average Bonchev–Trinajstić information content (AvgIpc) is 2.17. The molecule has 3 nitrogen and oxygen atoms in total. The van der Waals surface area contributed by atoms with Crippen molar-refractivity contribution in [3.63, 3.8) is 0 Å². The van der Waals surface area contributed by atoms with Gasteiger partial charge in [-0.1, -0.05) is 6.92 Å². The fourth-order valence-corrected chi connectivity index (χ4v) is 1.49. The second kappa shape index (κ2) is 8.67. The largest absolute Gasteiger partial charge is 0.368 e. The number of anilines is 1. The Morgan fingerprint density at radius 2 is 1.76 bits per heavy atom. The van der Waals surface area contributed by atoms with Crippen LogP contribution in [0.1, 0.15) is 12.6 Å². The zero-order valence-electron chi connectivity index (χ0n) is 10.1. The van der Waals surface area contributed by atoms with Gasteiger partial charge in [-0.2, -0.15) is 0 Å². The summed E-state index contributed by atoms with van der Waals surface area (Å²) in [5.74, 6) is 1.37. The minimum atomic E-state index is -0.593. The number of nitrogens with two attached hydrogens (primary N) is 1. The highest BCUT2D eigenvalue weighted by atomic mass is 32.2. The van der Waals surface area contributed by atoms with Crippen molar-refractivity contribution >= 4 is 61.4 Å². The normalized spacial score (nSPS) is 9.06. The fraction of sp³-hybridized carbons (Fsp3) is 0.429. The summed E-state index contributed by atoms with van der Waals surface area (Å²) >= 11 is 1.67. The van der Waals surface area contributed by atoms with E-state index in [2.05, 4.69) is 16.9 Å². The SMILES string of the molecule is CCSc1cc(C)nc(N)n1.[B]B([B])B([B])[B]. The highest BCUT2D eigenvalue weighted by Crippen LogP contribution is 2.15. The maximum Gasteiger partial charge on any atom is 0.221 e. The summed E-state index contributed by atoms with van der Waals surface area (Å²) < 4.78 is 0. The molecule has 2 N–H and O–H groups in total. The molecule has 1 aromatic rings. The molecular weight excluding hydrogens is 223 g/mol. The van der Waals surface area contributed by atoms with Crippen LogP contribution < -0.4 is 5.73 Å². The average molecular weight is 234 g/mol. The molecule has 0 aliphatic rings. The van der Waals surface area contributed by atoms with Crippen LogP contribution in [0.25, 0.3) is 0 Å². The fourth-order valence-electron chi connectivity index (χ4n) is 0.784. The minimum Gasteiger partial charge on any atom is -0.368 e. The highest BCUT2D eigenvalue weighted by molar-refractivity contribution is 7.99. The van der Waals surface area contributed by atoms with E-state index in [0.717, 1.165) is 16.5 Å². The number of aryl methyl sites for hydroxylation is 1. The molecule has 1 aromatic heterocycles. The smallest absolute Gasteiger partial charge is 0.221 e. The first-order chi connectivity index (χ1) is 7.86. The second-order valence-electron chi connectivity index (χ2n) is 3.29. The van der Waals surface area contributed by atoms with Crippen molar-refractivity contribution in [2.24, 2.45) is 0 Å². The van der Waals surface area contributed by atoms with Crippen molar-refractivity contribution in [1.82, 2.24) is 9.97 Å². The molecule has 17 heavy (non-hydrogen) atoms. The quantitative estimate of drug-likeness (QED) is 0.422. The number of thioether (sulfide) groups is 1. The van der Waals surface area contributed by atoms with Crippen LogP contribution in [-0.2, 0) is 0 Å². The first-order valence-corrected chi connectivity index (χ1v) is 6.11. The van der Waals surface area contributed by atoms with Gasteiger partial charge in [0.2, 0.25) is 5.95 Å². The van der Waals surface area contributed by atoms with Gasteiger partial charge in [0.15, 0.2) is 0 Å². The second-order valence-corrected chi connectivity index (χ2v) is 4.58. The third kappa shape index (κ3) is 8.36. The molecule has 0 atom stereocenters. The zero-order chi connectivity index (χ0) is 13.4. The Kier molecular flexibility index (Phi) is 8.48. The van der Waals surface area contributed by atoms with E-state index >= 15 is 0 Å². The standard InChI is InChI=1S/C7H11N3S.B6/c1-3-11-6-4-5(2)9-7(8)10-6;1-5(2)6(3)4/h4H,3H2,1-2H3,(H2,8,9,10);. The maximum atomic E-state index is 5.45. The van der Waals surface area contributed by atoms with E-state index in [-0.39, 0.29) is 0 Å². The van der Waals surface area contributed by atoms with E-state index in [9.17, 15) is 0 Å². The lowest BCUT2D eigenvalue weighted by atomic mass is 8.81. The molecule has 1 rings (SSSR count). The Bertz CT molecular complexity index is 311. The molecular formula is C7H11B6N3S. The van der Waals surface area contributed by atoms with Crippen molar-refractivity contribution in [3.8, 4) is 0 Å². The molecule has 0 fully saturated rings. The van der Waals surface area contributed by atoms with Crippen LogP contribution in [-0.4, -0.2) is 59.4 Å². The molecule has 8 radical (unpaired) electrons. The van der Waals surface area contributed by atoms with Gasteiger partial charge in [0.25, 0.3) is 0 Å². The third-order valence-electron chi connectivity index (χ3n) is 1.58. The molecule has 0 unspecified atom stereocenters. The Labute approximate surface area is 114 Å². The lowest BCUT2D eigenvalue weighted by Gasteiger charge is -2.00. The highest BCUT2D eigenvalue weighted by Gasteiger charge is 2.00. The van der Waals surface area contributed by atoms with Crippen molar-refractivity contribution in [3.05, 3.63) is 11.8 Å². The van der Waals surface area contributed by atoms with Gasteiger partial charge in [0, 0.05) is 49.4 Å². The van der Waals surface area contributed by atoms with E-state index in [4.69, 9.17) is 36.7 Å². The Balaban J connectivity index is 0.000000366. The number of aromatic nitrogens is 2. The van der Waals surface area contributed by atoms with E-state index in [0.29, 0.717) is 5.95 Å². The molecule has 0 amide bonds. The van der Waals surface area contributed by atoms with E-state index in [1.165, 1.54) is 0 Å². The summed E-state index contributed by atoms with van der Waals surface area (Å²) in [5, 5.41) is 0.956. The molecule has 0 aliphatic carbocycles. The Morgan fingerprint density at radius 1 is 1.24 bits per heavy atom. The molecule has 0 saturated heterocycles. The van der Waals surface area contributed by atoms with Gasteiger partial charge < -0.3 is 5.73 Å². The molecule has 0 aromatic carbocycles. The number of nitrogen functional groups attached to an aromatic ring is 1. The van der Waals surface area contributed by atoms with Gasteiger partial charge >= 0.3 is 0 Å². The van der Waals surface area contributed by atoms with Crippen LogP contribution in [0.15, 0.2) is 11.1 Å². The molecule has 1 heterocycles. The Hall–Kier alpha value is -0.380. The summed E-state index contributed by atoms with van der Waals surface area (Å²) in [5.41, 5.74) is 6.38. The number of rotatable bonds is 3. The predicted octanol–water partition coefficient (Wildman–Crippen LogP) is -0.806. The third-order valence-corrected chi connectivity index (χ3v) is 2.38. The van der Waals surface area contributed by atoms with Crippen LogP contribution in [0.4, 0.5) is 5.95 Å². The van der Waals surface area contributed by atoms with Crippen molar-refractivity contribution < 1.29 is 0 Å². The van der Waals surface area contributed by atoms with Gasteiger partial charge in [-0.05, 0) is 18.7 Å². The lowest BCUT2D eigenvalue weighted by Crippen LogP contribution is -2.38. The van der Waals surface area contributed by atoms with Crippen LogP contribution in [0, 0.1) is 6.92 Å². The van der Waals surface area contributed by atoms with Gasteiger partial charge in [-0.15, -0.1) is 11.8 Å². The topological polar surface area (TPSA) is 51.8 Å². The molecule has 0 saturated carbocycles. The zero-order valence-corrected chi connectivity index (χ0v) is 10.9. The summed E-state index contributed by atoms with van der Waals surface area (Å²) in [7, 11) is 19.9. The van der Waals surface area contributed by atoms with Crippen molar-refractivity contribution in [2.45, 2.75) is 18.9 Å². The van der Waals surface area contributed by atoms with Crippen LogP contribution in [0.2, 0.25) is 0 Å². The minimum absolute atomic E-state index is 0.362. The summed E-state index contributed by atoms with van der Waals surface area (Å²) in [6.45, 7) is 4.00. The van der Waals surface area contributed by atoms with E-state index in [1.54, 1.807) is 11.8 Å². The van der Waals surface area contributed by atoms with E-state index < -0.39 is 12.8 Å². The predicted molar refractivity (Wildman–Crippen MR) is 82.1 cm³/mol. The van der Waals surface area contributed by atoms with Gasteiger partial charge in [-0.25, -0.2) is 9.97 Å². The summed E-state index contributed by atoms with van der Waals surface area (Å²) in [6, 6.07) is 1.94. The molecule has 78 valence electrons. The maximum absolute atomic E-state index is 5.45. The molecule has 0 bridgehead atoms. The number of nitrogens with zero attached hydrogens (tertiary/aromatic N) is 2. The van der Waals surface area contributed by atoms with Gasteiger partial charge in [0.1, 0.15) is 5.03 Å². The van der Waals surface area contributed by atoms with E-state index in [1.807, 2.05) is 13.0 Å². The summed E-state index contributed by atoms with van der Waals surface area (Å²) in [4.78, 5) is 8.02. The Morgan fingerprint density at radius 3 is 2.12 bits per heavy atom. The molecule has 0 aliphatic heterocycles. The van der Waals surface area contributed by atoms with Crippen molar-refractivity contribution in [1.29, 1.82) is 0 Å². The summed E-state index contributed by atoms with van der Waals surface area (Å²) in [6.07, 6.45) is -1.19. The van der Waals surface area contributed by atoms with Crippen LogP contribution in [0.3, 0.4) is 0 Å². The lowest BCUT2D eigenvalue weighted by molar-refractivity contribution is 1.02. The van der Waals surface area contributed by atoms with Crippen LogP contribution in [0.5, 0.6) is 0 Å². The first-order valence-electron chi connectivity index (χ1n) is 5.13. The first kappa shape index (κ1) is 16.6. The van der Waals surface area contributed by atoms with Crippen molar-refractivity contribution in [2.75, 3.05) is 11.5 Å². The molecule has 0 spiro atoms.